The Morgan fingerprint density at radius 1 is 1.19 bits per heavy atom. The molecule has 0 spiro atoms. The molecule has 0 atom stereocenters. The van der Waals surface area contributed by atoms with Gasteiger partial charge in [-0.1, -0.05) is 0 Å². The molecule has 194 valence electrons. The summed E-state index contributed by atoms with van der Waals surface area (Å²) in [7, 11) is -1.20. The summed E-state index contributed by atoms with van der Waals surface area (Å²) in [5.41, 5.74) is 1.33. The first kappa shape index (κ1) is 25.9. The molecule has 15 nitrogen and oxygen atoms in total. The zero-order valence-electron chi connectivity index (χ0n) is 20.2. The lowest BCUT2D eigenvalue weighted by atomic mass is 10.1. The van der Waals surface area contributed by atoms with E-state index in [9.17, 15) is 18.8 Å². The van der Waals surface area contributed by atoms with E-state index in [-0.39, 0.29) is 40.5 Å². The molecule has 0 aliphatic carbocycles. The van der Waals surface area contributed by atoms with Crippen molar-refractivity contribution in [2.45, 2.75) is 25.9 Å². The van der Waals surface area contributed by atoms with Gasteiger partial charge in [0.15, 0.2) is 11.6 Å². The average molecular weight is 528 g/mol. The minimum absolute atomic E-state index is 0.0119. The predicted octanol–water partition coefficient (Wildman–Crippen LogP) is 1.71. The lowest BCUT2D eigenvalue weighted by Crippen LogP contribution is -2.30. The fourth-order valence-electron chi connectivity index (χ4n) is 3.65. The van der Waals surface area contributed by atoms with E-state index in [1.54, 1.807) is 12.1 Å². The number of nitriles is 1. The number of hydrogen-bond acceptors (Lipinski definition) is 12. The first-order chi connectivity index (χ1) is 17.9. The molecule has 4 rings (SSSR count). The van der Waals surface area contributed by atoms with Crippen LogP contribution >= 0.6 is 0 Å². The number of nitrogens with one attached hydrogen (secondary N) is 2. The molecule has 2 aromatic heterocycles. The molecular formula is C21H25N11O4S. The number of aliphatic hydroxyl groups excluding tert-OH is 1. The normalized spacial score (nSPS) is 14.1. The first-order valence-corrected chi connectivity index (χ1v) is 12.8. The van der Waals surface area contributed by atoms with E-state index in [4.69, 9.17) is 4.74 Å². The van der Waals surface area contributed by atoms with Gasteiger partial charge < -0.3 is 14.7 Å². The molecule has 0 unspecified atom stereocenters. The van der Waals surface area contributed by atoms with Gasteiger partial charge in [-0.2, -0.15) is 38.4 Å². The summed E-state index contributed by atoms with van der Waals surface area (Å²) in [6, 6.07) is 7.08. The number of rotatable bonds is 9. The second-order valence-corrected chi connectivity index (χ2v) is 9.48. The zero-order valence-corrected chi connectivity index (χ0v) is 21.0. The molecule has 3 heterocycles. The van der Waals surface area contributed by atoms with Gasteiger partial charge in [0.05, 0.1) is 19.0 Å². The molecule has 1 aliphatic rings. The maximum atomic E-state index is 12.3. The monoisotopic (exact) mass is 527 g/mol. The van der Waals surface area contributed by atoms with Crippen LogP contribution in [-0.4, -0.2) is 65.5 Å². The fraction of sp³-hybridized carbons (Fsp3) is 0.381. The van der Waals surface area contributed by atoms with E-state index < -0.39 is 16.8 Å². The molecule has 1 fully saturated rings. The van der Waals surface area contributed by atoms with Crippen molar-refractivity contribution in [2.24, 2.45) is 10.2 Å². The maximum absolute atomic E-state index is 12.3. The number of azo groups is 1. The fourth-order valence-corrected chi connectivity index (χ4v) is 4.20. The summed E-state index contributed by atoms with van der Waals surface area (Å²) in [6.45, 7) is 1.26. The van der Waals surface area contributed by atoms with Crippen molar-refractivity contribution in [1.82, 2.24) is 29.5 Å². The number of aliphatic hydroxyl groups is 1. The minimum Gasteiger partial charge on any atom is -0.467 e. The van der Waals surface area contributed by atoms with Gasteiger partial charge >= 0.3 is 6.01 Å². The van der Waals surface area contributed by atoms with E-state index in [0.717, 1.165) is 42.7 Å². The van der Waals surface area contributed by atoms with Crippen molar-refractivity contribution in [3.8, 4) is 18.0 Å². The van der Waals surface area contributed by atoms with Gasteiger partial charge in [0, 0.05) is 25.8 Å². The largest absolute Gasteiger partial charge is 0.467 e. The Hall–Kier alpha value is -4.20. The van der Waals surface area contributed by atoms with Crippen molar-refractivity contribution < 1.29 is 18.3 Å². The quantitative estimate of drug-likeness (QED) is 0.344. The van der Waals surface area contributed by atoms with E-state index in [2.05, 4.69) is 44.6 Å². The Morgan fingerprint density at radius 3 is 2.65 bits per heavy atom. The number of benzene rings is 1. The third-order valence-corrected chi connectivity index (χ3v) is 6.52. The summed E-state index contributed by atoms with van der Waals surface area (Å²) >= 11 is 0. The number of ether oxygens (including phenoxy) is 1. The van der Waals surface area contributed by atoms with Crippen LogP contribution < -0.4 is 19.1 Å². The van der Waals surface area contributed by atoms with E-state index in [1.807, 2.05) is 12.1 Å². The molecule has 37 heavy (non-hydrogen) atoms. The number of piperidine rings is 1. The summed E-state index contributed by atoms with van der Waals surface area (Å²) in [5, 5.41) is 31.6. The molecular weight excluding hydrogens is 502 g/mol. The second kappa shape index (κ2) is 11.2. The third kappa shape index (κ3) is 5.97. The van der Waals surface area contributed by atoms with Crippen LogP contribution in [0.2, 0.25) is 0 Å². The van der Waals surface area contributed by atoms with Crippen LogP contribution in [0.3, 0.4) is 0 Å². The number of hydrogen-bond donors (Lipinski definition) is 3. The van der Waals surface area contributed by atoms with Crippen LogP contribution in [0.4, 0.5) is 22.9 Å². The number of anilines is 2. The smallest absolute Gasteiger partial charge is 0.321 e. The highest BCUT2D eigenvalue weighted by atomic mass is 32.2. The molecule has 1 aliphatic heterocycles. The van der Waals surface area contributed by atoms with Crippen molar-refractivity contribution in [1.29, 1.82) is 5.26 Å². The average Bonchev–Trinajstić information content (AvgIpc) is 3.35. The van der Waals surface area contributed by atoms with Crippen LogP contribution in [-0.2, 0) is 16.8 Å². The van der Waals surface area contributed by atoms with Gasteiger partial charge in [-0.05, 0) is 37.5 Å². The highest BCUT2D eigenvalue weighted by molar-refractivity contribution is 7.90. The van der Waals surface area contributed by atoms with Crippen LogP contribution in [0.1, 0.15) is 30.7 Å². The van der Waals surface area contributed by atoms with Gasteiger partial charge in [-0.3, -0.25) is 4.72 Å². The minimum atomic E-state index is -3.85. The number of nitrogens with zero attached hydrogens (tertiary/aromatic N) is 9. The summed E-state index contributed by atoms with van der Waals surface area (Å²) < 4.78 is 35.4. The second-order valence-electron chi connectivity index (χ2n) is 7.86. The molecule has 1 saturated heterocycles. The van der Waals surface area contributed by atoms with Gasteiger partial charge in [0.25, 0.3) is 16.2 Å². The Labute approximate surface area is 213 Å². The van der Waals surface area contributed by atoms with Gasteiger partial charge in [-0.15, -0.1) is 10.2 Å². The van der Waals surface area contributed by atoms with Crippen molar-refractivity contribution in [2.75, 3.05) is 36.9 Å². The summed E-state index contributed by atoms with van der Waals surface area (Å²) in [5.74, 6) is -0.0408. The predicted molar refractivity (Wildman–Crippen MR) is 132 cm³/mol. The van der Waals surface area contributed by atoms with E-state index in [1.165, 1.54) is 20.4 Å². The topological polar surface area (TPSA) is 196 Å². The molecule has 0 bridgehead atoms. The van der Waals surface area contributed by atoms with Crippen molar-refractivity contribution in [3.05, 3.63) is 35.8 Å². The van der Waals surface area contributed by atoms with Gasteiger partial charge in [-0.25, -0.2) is 4.72 Å². The van der Waals surface area contributed by atoms with Crippen LogP contribution in [0.15, 0.2) is 34.6 Å². The lowest BCUT2D eigenvalue weighted by molar-refractivity contribution is 0.266. The Bertz CT molecular complexity index is 1420. The zero-order chi connectivity index (χ0) is 26.4. The lowest BCUT2D eigenvalue weighted by Gasteiger charge is -2.29. The number of methoxy groups -OCH3 is 1. The maximum Gasteiger partial charge on any atom is 0.321 e. The van der Waals surface area contributed by atoms with Crippen molar-refractivity contribution >= 4 is 33.1 Å². The molecule has 3 N–H and O–H groups in total. The van der Waals surface area contributed by atoms with Crippen LogP contribution in [0, 0.1) is 11.3 Å². The van der Waals surface area contributed by atoms with Crippen LogP contribution in [0.25, 0.3) is 5.95 Å². The molecule has 0 saturated carbocycles. The Kier molecular flexibility index (Phi) is 7.86. The summed E-state index contributed by atoms with van der Waals surface area (Å²) in [6.07, 6.45) is 4.52. The summed E-state index contributed by atoms with van der Waals surface area (Å²) in [4.78, 5) is 14.3. The third-order valence-electron chi connectivity index (χ3n) is 5.49. The molecule has 0 radical (unpaired) electrons. The highest BCUT2D eigenvalue weighted by Gasteiger charge is 2.19. The Balaban J connectivity index is 1.76. The standard InChI is InChI=1S/C21H25N11O4S/c1-23-37(34,35)30-17-10-15(31-8-4-3-5-9-31)6-7-16(17)28-29-19-14(11-22)12-24-32(19)20-25-18(13-33)26-21(27-20)36-2/h6-7,10,12,23,30,33H,3-5,8-9,13H2,1-2H3. The first-order valence-electron chi connectivity index (χ1n) is 11.3. The van der Waals surface area contributed by atoms with Crippen LogP contribution in [0.5, 0.6) is 6.01 Å². The van der Waals surface area contributed by atoms with E-state index >= 15 is 0 Å². The Morgan fingerprint density at radius 2 is 1.97 bits per heavy atom. The van der Waals surface area contributed by atoms with Gasteiger partial charge in [0.1, 0.15) is 23.9 Å². The molecule has 3 aromatic rings. The van der Waals surface area contributed by atoms with Gasteiger partial charge in [0.2, 0.25) is 0 Å². The van der Waals surface area contributed by atoms with Crippen molar-refractivity contribution in [3.63, 3.8) is 0 Å². The molecule has 16 heteroatoms. The highest BCUT2D eigenvalue weighted by Crippen LogP contribution is 2.34. The molecule has 1 aromatic carbocycles. The SMILES string of the molecule is CNS(=O)(=O)Nc1cc(N2CCCCC2)ccc1N=Nc1c(C#N)cnn1-c1nc(CO)nc(OC)n1. The van der Waals surface area contributed by atoms with E-state index in [0.29, 0.717) is 0 Å². The molecule has 0 amide bonds. The number of aromatic nitrogens is 5.